The Morgan fingerprint density at radius 1 is 0.810 bits per heavy atom. The molecule has 0 aliphatic heterocycles. The minimum Gasteiger partial charge on any atom is -0.464 e. The summed E-state index contributed by atoms with van der Waals surface area (Å²) in [6.07, 6.45) is 13.4. The van der Waals surface area contributed by atoms with Crippen molar-refractivity contribution in [3.05, 3.63) is 0 Å². The molecule has 4 heteroatoms. The number of unbranched alkanes of at least 4 members (excludes halogenated alkanes) is 10. The van der Waals surface area contributed by atoms with Gasteiger partial charge in [-0.15, -0.1) is 0 Å². The van der Waals surface area contributed by atoms with Crippen molar-refractivity contribution in [2.45, 2.75) is 77.6 Å². The summed E-state index contributed by atoms with van der Waals surface area (Å²) in [7, 11) is 0. The summed E-state index contributed by atoms with van der Waals surface area (Å²) in [5.74, 6) is -0.267. The molecule has 0 bridgehead atoms. The minimum absolute atomic E-state index is 0.0874. The van der Waals surface area contributed by atoms with Crippen molar-refractivity contribution in [2.75, 3.05) is 26.4 Å². The Balaban J connectivity index is 3.01. The Labute approximate surface area is 130 Å². The monoisotopic (exact) mass is 302 g/mol. The van der Waals surface area contributed by atoms with Crippen LogP contribution in [0, 0.1) is 0 Å². The highest BCUT2D eigenvalue weighted by atomic mass is 16.6. The zero-order chi connectivity index (χ0) is 15.6. The summed E-state index contributed by atoms with van der Waals surface area (Å²) < 4.78 is 10.0. The maximum atomic E-state index is 11.0. The van der Waals surface area contributed by atoms with E-state index in [1.165, 1.54) is 57.8 Å². The third kappa shape index (κ3) is 17.3. The van der Waals surface area contributed by atoms with Crippen molar-refractivity contribution in [3.63, 3.8) is 0 Å². The molecular weight excluding hydrogens is 268 g/mol. The molecule has 0 atom stereocenters. The molecule has 0 radical (unpaired) electrons. The van der Waals surface area contributed by atoms with Gasteiger partial charge in [0.25, 0.3) is 0 Å². The SMILES string of the molecule is CCOC(=O)COCCCCCCCCCCCCCO. The zero-order valence-electron chi connectivity index (χ0n) is 13.8. The van der Waals surface area contributed by atoms with Gasteiger partial charge >= 0.3 is 5.97 Å². The molecule has 0 rings (SSSR count). The number of rotatable bonds is 16. The van der Waals surface area contributed by atoms with E-state index in [0.717, 1.165) is 12.8 Å². The molecule has 0 fully saturated rings. The van der Waals surface area contributed by atoms with E-state index in [2.05, 4.69) is 0 Å². The maximum absolute atomic E-state index is 11.0. The van der Waals surface area contributed by atoms with Crippen LogP contribution in [0.4, 0.5) is 0 Å². The van der Waals surface area contributed by atoms with Crippen LogP contribution < -0.4 is 0 Å². The molecule has 0 aliphatic rings. The van der Waals surface area contributed by atoms with Gasteiger partial charge in [0.1, 0.15) is 6.61 Å². The third-order valence-electron chi connectivity index (χ3n) is 3.47. The van der Waals surface area contributed by atoms with Gasteiger partial charge < -0.3 is 14.6 Å². The van der Waals surface area contributed by atoms with Crippen LogP contribution in [0.5, 0.6) is 0 Å². The lowest BCUT2D eigenvalue weighted by molar-refractivity contribution is -0.148. The second-order valence-corrected chi connectivity index (χ2v) is 5.47. The highest BCUT2D eigenvalue weighted by molar-refractivity contribution is 5.70. The molecule has 0 aromatic carbocycles. The summed E-state index contributed by atoms with van der Waals surface area (Å²) in [6.45, 7) is 3.30. The summed E-state index contributed by atoms with van der Waals surface area (Å²) in [4.78, 5) is 11.0. The molecule has 0 saturated carbocycles. The van der Waals surface area contributed by atoms with Crippen LogP contribution in [0.2, 0.25) is 0 Å². The number of esters is 1. The summed E-state index contributed by atoms with van der Waals surface area (Å²) >= 11 is 0. The van der Waals surface area contributed by atoms with Crippen molar-refractivity contribution in [2.24, 2.45) is 0 Å². The largest absolute Gasteiger partial charge is 0.464 e. The van der Waals surface area contributed by atoms with E-state index in [1.54, 1.807) is 6.92 Å². The molecule has 4 nitrogen and oxygen atoms in total. The fourth-order valence-electron chi connectivity index (χ4n) is 2.27. The molecule has 0 aromatic rings. The molecule has 0 aliphatic carbocycles. The van der Waals surface area contributed by atoms with E-state index in [9.17, 15) is 4.79 Å². The topological polar surface area (TPSA) is 55.8 Å². The van der Waals surface area contributed by atoms with Crippen LogP contribution in [0.3, 0.4) is 0 Å². The molecule has 0 saturated heterocycles. The van der Waals surface area contributed by atoms with Gasteiger partial charge in [-0.2, -0.15) is 0 Å². The Hall–Kier alpha value is -0.610. The number of hydrogen-bond acceptors (Lipinski definition) is 4. The van der Waals surface area contributed by atoms with Crippen molar-refractivity contribution in [1.29, 1.82) is 0 Å². The number of ether oxygens (including phenoxy) is 2. The zero-order valence-corrected chi connectivity index (χ0v) is 13.8. The van der Waals surface area contributed by atoms with Crippen molar-refractivity contribution in [1.82, 2.24) is 0 Å². The average Bonchev–Trinajstić information content (AvgIpc) is 2.48. The molecule has 126 valence electrons. The predicted molar refractivity (Wildman–Crippen MR) is 85.3 cm³/mol. The normalized spacial score (nSPS) is 10.8. The van der Waals surface area contributed by atoms with E-state index in [1.807, 2.05) is 0 Å². The molecule has 0 spiro atoms. The first kappa shape index (κ1) is 20.4. The molecule has 0 unspecified atom stereocenters. The summed E-state index contributed by atoms with van der Waals surface area (Å²) in [6, 6.07) is 0. The molecular formula is C17H34O4. The van der Waals surface area contributed by atoms with Gasteiger partial charge in [0.05, 0.1) is 6.61 Å². The van der Waals surface area contributed by atoms with Gasteiger partial charge in [-0.1, -0.05) is 57.8 Å². The molecule has 0 amide bonds. The second-order valence-electron chi connectivity index (χ2n) is 5.47. The van der Waals surface area contributed by atoms with E-state index >= 15 is 0 Å². The second kappa shape index (κ2) is 17.4. The number of aliphatic hydroxyl groups is 1. The lowest BCUT2D eigenvalue weighted by atomic mass is 10.1. The Morgan fingerprint density at radius 3 is 1.76 bits per heavy atom. The van der Waals surface area contributed by atoms with E-state index in [4.69, 9.17) is 14.6 Å². The molecule has 1 N–H and O–H groups in total. The molecule has 0 aromatic heterocycles. The van der Waals surface area contributed by atoms with Crippen LogP contribution in [0.25, 0.3) is 0 Å². The molecule has 0 heterocycles. The first-order valence-corrected chi connectivity index (χ1v) is 8.65. The minimum atomic E-state index is -0.267. The smallest absolute Gasteiger partial charge is 0.332 e. The van der Waals surface area contributed by atoms with Crippen molar-refractivity contribution >= 4 is 5.97 Å². The van der Waals surface area contributed by atoms with Crippen LogP contribution in [0.1, 0.15) is 77.6 Å². The summed E-state index contributed by atoms with van der Waals surface area (Å²) in [5, 5.41) is 8.66. The fraction of sp³-hybridized carbons (Fsp3) is 0.941. The van der Waals surface area contributed by atoms with Crippen LogP contribution in [-0.4, -0.2) is 37.5 Å². The van der Waals surface area contributed by atoms with Gasteiger partial charge in [0.2, 0.25) is 0 Å². The quantitative estimate of drug-likeness (QED) is 0.347. The van der Waals surface area contributed by atoms with Gasteiger partial charge in [0.15, 0.2) is 0 Å². The highest BCUT2D eigenvalue weighted by Gasteiger charge is 2.00. The van der Waals surface area contributed by atoms with Crippen molar-refractivity contribution < 1.29 is 19.4 Å². The van der Waals surface area contributed by atoms with Crippen molar-refractivity contribution in [3.8, 4) is 0 Å². The van der Waals surface area contributed by atoms with Crippen LogP contribution >= 0.6 is 0 Å². The number of aliphatic hydroxyl groups excluding tert-OH is 1. The van der Waals surface area contributed by atoms with Gasteiger partial charge in [-0.05, 0) is 19.8 Å². The number of hydrogen-bond donors (Lipinski definition) is 1. The average molecular weight is 302 g/mol. The number of carbonyl (C=O) groups is 1. The third-order valence-corrected chi connectivity index (χ3v) is 3.47. The Bertz CT molecular complexity index is 219. The first-order chi connectivity index (χ1) is 10.3. The lowest BCUT2D eigenvalue weighted by Gasteiger charge is -2.04. The standard InChI is InChI=1S/C17H34O4/c1-2-21-17(19)16-20-15-13-11-9-7-5-3-4-6-8-10-12-14-18/h18H,2-16H2,1H3. The van der Waals surface area contributed by atoms with Crippen LogP contribution in [-0.2, 0) is 14.3 Å². The van der Waals surface area contributed by atoms with Gasteiger partial charge in [-0.3, -0.25) is 0 Å². The van der Waals surface area contributed by atoms with Gasteiger partial charge in [-0.25, -0.2) is 4.79 Å². The van der Waals surface area contributed by atoms with E-state index in [-0.39, 0.29) is 12.6 Å². The number of carbonyl (C=O) groups excluding carboxylic acids is 1. The maximum Gasteiger partial charge on any atom is 0.332 e. The molecule has 21 heavy (non-hydrogen) atoms. The van der Waals surface area contributed by atoms with Crippen LogP contribution in [0.15, 0.2) is 0 Å². The van der Waals surface area contributed by atoms with Gasteiger partial charge in [0, 0.05) is 13.2 Å². The highest BCUT2D eigenvalue weighted by Crippen LogP contribution is 2.11. The lowest BCUT2D eigenvalue weighted by Crippen LogP contribution is -2.12. The Morgan fingerprint density at radius 2 is 1.29 bits per heavy atom. The first-order valence-electron chi connectivity index (χ1n) is 8.65. The van der Waals surface area contributed by atoms with E-state index < -0.39 is 0 Å². The summed E-state index contributed by atoms with van der Waals surface area (Å²) in [5.41, 5.74) is 0. The Kier molecular flexibility index (Phi) is 16.9. The predicted octanol–water partition coefficient (Wildman–Crippen LogP) is 3.85. The fourth-order valence-corrected chi connectivity index (χ4v) is 2.27. The van der Waals surface area contributed by atoms with E-state index in [0.29, 0.717) is 19.8 Å².